The molecule has 1 aliphatic rings. The third kappa shape index (κ3) is 4.95. The molecule has 1 heterocycles. The minimum Gasteiger partial charge on any atom is -0.360 e. The average molecular weight is 438 g/mol. The quantitative estimate of drug-likeness (QED) is 0.641. The van der Waals surface area contributed by atoms with Crippen molar-refractivity contribution in [2.24, 2.45) is 11.3 Å². The molecule has 5 nitrogen and oxygen atoms in total. The van der Waals surface area contributed by atoms with E-state index < -0.39 is 11.7 Å². The molecule has 1 aromatic carbocycles. The Morgan fingerprint density at radius 3 is 2.76 bits per heavy atom. The van der Waals surface area contributed by atoms with E-state index in [-0.39, 0.29) is 44.2 Å². The zero-order chi connectivity index (χ0) is 21.3. The molecule has 8 heteroatoms. The standard InChI is InChI=1S/C21H25ClFN3O2S/c1-11-8-13(10-21(3,4)9-11)24-20(29)25-19(27)16-12(2)28-26-18(16)17-14(22)6-5-7-15(17)23/h5-7,11,13H,8-10H2,1-4H3,(H2,24,25,27,29). The monoisotopic (exact) mass is 437 g/mol. The van der Waals surface area contributed by atoms with Crippen LogP contribution in [0.15, 0.2) is 22.7 Å². The molecule has 0 saturated heterocycles. The maximum Gasteiger partial charge on any atom is 0.263 e. The number of hydrogen-bond donors (Lipinski definition) is 2. The molecule has 1 fully saturated rings. The number of nitrogens with zero attached hydrogens (tertiary/aromatic N) is 1. The lowest BCUT2D eigenvalue weighted by molar-refractivity contribution is 0.0974. The summed E-state index contributed by atoms with van der Waals surface area (Å²) in [7, 11) is 0. The van der Waals surface area contributed by atoms with Crippen molar-refractivity contribution in [1.29, 1.82) is 0 Å². The van der Waals surface area contributed by atoms with E-state index in [1.165, 1.54) is 18.2 Å². The molecule has 1 saturated carbocycles. The lowest BCUT2D eigenvalue weighted by atomic mass is 9.71. The van der Waals surface area contributed by atoms with Crippen molar-refractivity contribution < 1.29 is 13.7 Å². The van der Waals surface area contributed by atoms with Gasteiger partial charge in [0.2, 0.25) is 0 Å². The van der Waals surface area contributed by atoms with Crippen molar-refractivity contribution in [3.8, 4) is 11.3 Å². The number of amides is 1. The van der Waals surface area contributed by atoms with Gasteiger partial charge in [0.25, 0.3) is 5.91 Å². The first-order valence-corrected chi connectivity index (χ1v) is 10.4. The molecule has 2 unspecified atom stereocenters. The SMILES string of the molecule is Cc1onc(-c2c(F)cccc2Cl)c1C(=O)NC(=S)NC1CC(C)CC(C)(C)C1. The second-order valence-corrected chi connectivity index (χ2v) is 9.41. The van der Waals surface area contributed by atoms with E-state index in [1.807, 2.05) is 0 Å². The molecule has 0 spiro atoms. The Hall–Kier alpha value is -1.99. The number of aryl methyl sites for hydroxylation is 1. The van der Waals surface area contributed by atoms with Gasteiger partial charge in [0.1, 0.15) is 22.8 Å². The van der Waals surface area contributed by atoms with Crippen LogP contribution in [-0.2, 0) is 0 Å². The van der Waals surface area contributed by atoms with Crippen LogP contribution in [0.2, 0.25) is 5.02 Å². The van der Waals surface area contributed by atoms with E-state index in [9.17, 15) is 9.18 Å². The van der Waals surface area contributed by atoms with Gasteiger partial charge in [0.05, 0.1) is 10.6 Å². The number of halogens is 2. The summed E-state index contributed by atoms with van der Waals surface area (Å²) in [5, 5.41) is 10.2. The summed E-state index contributed by atoms with van der Waals surface area (Å²) in [6.45, 7) is 8.29. The first-order chi connectivity index (χ1) is 13.6. The van der Waals surface area contributed by atoms with Gasteiger partial charge in [-0.1, -0.05) is 43.6 Å². The summed E-state index contributed by atoms with van der Waals surface area (Å²) in [5.41, 5.74) is 0.407. The Morgan fingerprint density at radius 1 is 1.38 bits per heavy atom. The highest BCUT2D eigenvalue weighted by Crippen LogP contribution is 2.38. The van der Waals surface area contributed by atoms with E-state index in [1.54, 1.807) is 6.92 Å². The second kappa shape index (κ2) is 8.40. The zero-order valence-corrected chi connectivity index (χ0v) is 18.5. The molecule has 0 bridgehead atoms. The number of hydrogen-bond acceptors (Lipinski definition) is 4. The molecule has 156 valence electrons. The van der Waals surface area contributed by atoms with E-state index in [0.29, 0.717) is 5.92 Å². The molecule has 1 aromatic heterocycles. The minimum atomic E-state index is -0.584. The van der Waals surface area contributed by atoms with Gasteiger partial charge in [0, 0.05) is 6.04 Å². The number of carbonyl (C=O) groups is 1. The summed E-state index contributed by atoms with van der Waals surface area (Å²) in [6.07, 6.45) is 3.12. The largest absolute Gasteiger partial charge is 0.360 e. The average Bonchev–Trinajstić information content (AvgIpc) is 2.94. The van der Waals surface area contributed by atoms with Crippen LogP contribution in [0.25, 0.3) is 11.3 Å². The van der Waals surface area contributed by atoms with Crippen LogP contribution in [0.1, 0.15) is 56.2 Å². The van der Waals surface area contributed by atoms with Gasteiger partial charge in [-0.25, -0.2) is 4.39 Å². The van der Waals surface area contributed by atoms with Crippen molar-refractivity contribution in [3.63, 3.8) is 0 Å². The van der Waals surface area contributed by atoms with E-state index in [2.05, 4.69) is 36.6 Å². The summed E-state index contributed by atoms with van der Waals surface area (Å²) in [5.74, 6) is -0.269. The Bertz CT molecular complexity index is 924. The van der Waals surface area contributed by atoms with E-state index >= 15 is 0 Å². The molecular weight excluding hydrogens is 413 g/mol. The molecule has 1 aliphatic carbocycles. The third-order valence-corrected chi connectivity index (χ3v) is 5.77. The van der Waals surface area contributed by atoms with Gasteiger partial charge < -0.3 is 9.84 Å². The Balaban J connectivity index is 1.77. The Morgan fingerprint density at radius 2 is 2.10 bits per heavy atom. The van der Waals surface area contributed by atoms with Gasteiger partial charge in [-0.15, -0.1) is 0 Å². The number of benzene rings is 1. The molecule has 2 aromatic rings. The first-order valence-electron chi connectivity index (χ1n) is 9.60. The molecule has 0 radical (unpaired) electrons. The van der Waals surface area contributed by atoms with Crippen LogP contribution in [0, 0.1) is 24.1 Å². The number of rotatable bonds is 3. The number of carbonyl (C=O) groups excluding carboxylic acids is 1. The number of thiocarbonyl (C=S) groups is 1. The van der Waals surface area contributed by atoms with Gasteiger partial charge in [-0.3, -0.25) is 10.1 Å². The van der Waals surface area contributed by atoms with Crippen molar-refractivity contribution in [1.82, 2.24) is 15.8 Å². The summed E-state index contributed by atoms with van der Waals surface area (Å²) < 4.78 is 19.5. The maximum absolute atomic E-state index is 14.3. The van der Waals surface area contributed by atoms with E-state index in [0.717, 1.165) is 19.3 Å². The summed E-state index contributed by atoms with van der Waals surface area (Å²) >= 11 is 11.5. The molecule has 2 N–H and O–H groups in total. The lowest BCUT2D eigenvalue weighted by Gasteiger charge is -2.39. The van der Waals surface area contributed by atoms with Crippen molar-refractivity contribution in [2.75, 3.05) is 0 Å². The third-order valence-electron chi connectivity index (χ3n) is 5.24. The topological polar surface area (TPSA) is 67.2 Å². The van der Waals surface area contributed by atoms with Crippen LogP contribution < -0.4 is 10.6 Å². The predicted molar refractivity (Wildman–Crippen MR) is 115 cm³/mol. The normalized spacial score (nSPS) is 20.9. The second-order valence-electron chi connectivity index (χ2n) is 8.60. The first kappa shape index (κ1) is 21.7. The van der Waals surface area contributed by atoms with Crippen molar-refractivity contribution in [3.05, 3.63) is 40.4 Å². The lowest BCUT2D eigenvalue weighted by Crippen LogP contribution is -2.48. The van der Waals surface area contributed by atoms with Gasteiger partial charge in [-0.05, 0) is 61.9 Å². The molecule has 0 aliphatic heterocycles. The summed E-state index contributed by atoms with van der Waals surface area (Å²) in [4.78, 5) is 12.9. The van der Waals surface area contributed by atoms with Crippen LogP contribution in [-0.4, -0.2) is 22.2 Å². The van der Waals surface area contributed by atoms with Crippen LogP contribution in [0.3, 0.4) is 0 Å². The molecule has 1 amide bonds. The fourth-order valence-corrected chi connectivity index (χ4v) is 4.89. The Labute approximate surface area is 180 Å². The van der Waals surface area contributed by atoms with Crippen LogP contribution >= 0.6 is 23.8 Å². The molecule has 2 atom stereocenters. The Kier molecular flexibility index (Phi) is 6.29. The molecular formula is C21H25ClFN3O2S. The van der Waals surface area contributed by atoms with Gasteiger partial charge in [-0.2, -0.15) is 0 Å². The minimum absolute atomic E-state index is 0.0258. The van der Waals surface area contributed by atoms with Gasteiger partial charge in [0.15, 0.2) is 5.11 Å². The van der Waals surface area contributed by atoms with Crippen LogP contribution in [0.5, 0.6) is 0 Å². The molecule has 29 heavy (non-hydrogen) atoms. The van der Waals surface area contributed by atoms with Gasteiger partial charge >= 0.3 is 0 Å². The number of nitrogens with one attached hydrogen (secondary N) is 2. The summed E-state index contributed by atoms with van der Waals surface area (Å²) in [6, 6.07) is 4.46. The highest BCUT2D eigenvalue weighted by molar-refractivity contribution is 7.80. The smallest absolute Gasteiger partial charge is 0.263 e. The fourth-order valence-electron chi connectivity index (χ4n) is 4.38. The fraction of sp³-hybridized carbons (Fsp3) is 0.476. The van der Waals surface area contributed by atoms with Crippen molar-refractivity contribution in [2.45, 2.75) is 53.0 Å². The highest BCUT2D eigenvalue weighted by Gasteiger charge is 2.33. The highest BCUT2D eigenvalue weighted by atomic mass is 35.5. The van der Waals surface area contributed by atoms with Crippen LogP contribution in [0.4, 0.5) is 4.39 Å². The number of aromatic nitrogens is 1. The predicted octanol–water partition coefficient (Wildman–Crippen LogP) is 5.26. The zero-order valence-electron chi connectivity index (χ0n) is 16.9. The maximum atomic E-state index is 14.3. The molecule has 3 rings (SSSR count). The van der Waals surface area contributed by atoms with E-state index in [4.69, 9.17) is 28.3 Å². The van der Waals surface area contributed by atoms with Crippen molar-refractivity contribution >= 4 is 34.8 Å².